The molecule has 0 aliphatic rings. The van der Waals surface area contributed by atoms with E-state index in [1.165, 1.54) is 12.1 Å². The molecule has 168 valence electrons. The van der Waals surface area contributed by atoms with Gasteiger partial charge in [0.2, 0.25) is 0 Å². The van der Waals surface area contributed by atoms with Crippen LogP contribution in [0.3, 0.4) is 0 Å². The Bertz CT molecular complexity index is 1210. The van der Waals surface area contributed by atoms with Gasteiger partial charge in [-0.2, -0.15) is 0 Å². The number of carbonyl (C=O) groups is 1. The highest BCUT2D eigenvalue weighted by molar-refractivity contribution is 7.10. The average Bonchev–Trinajstić information content (AvgIpc) is 2.78. The third kappa shape index (κ3) is 5.80. The van der Waals surface area contributed by atoms with Crippen molar-refractivity contribution in [1.82, 2.24) is 0 Å². The van der Waals surface area contributed by atoms with Crippen LogP contribution in [-0.2, 0) is 6.42 Å². The molecule has 3 aromatic rings. The first-order valence-corrected chi connectivity index (χ1v) is 10.4. The number of allylic oxidation sites excluding steroid dienone is 3. The predicted octanol–water partition coefficient (Wildman–Crippen LogP) is 4.17. The molecule has 0 spiro atoms. The van der Waals surface area contributed by atoms with Crippen LogP contribution in [0.1, 0.15) is 32.6 Å². The summed E-state index contributed by atoms with van der Waals surface area (Å²) in [6.45, 7) is 3.62. The van der Waals surface area contributed by atoms with Crippen LogP contribution < -0.4 is 10.1 Å². The van der Waals surface area contributed by atoms with E-state index in [9.17, 15) is 14.7 Å². The molecule has 1 aromatic heterocycles. The molecule has 0 bridgehead atoms. The van der Waals surface area contributed by atoms with Gasteiger partial charge in [-0.1, -0.05) is 42.5 Å². The molecular formula is C25H27O6P. The van der Waals surface area contributed by atoms with Crippen molar-refractivity contribution in [2.24, 2.45) is 0 Å². The second-order valence-electron chi connectivity index (χ2n) is 6.89. The SMILES string of the molecule is CO.Cc1cc(C)c2c(CCO)cc(=O)oc2c1C(=O)/C=C/C=C/c1ccccc1OP. The highest BCUT2D eigenvalue weighted by Crippen LogP contribution is 2.28. The smallest absolute Gasteiger partial charge is 0.336 e. The van der Waals surface area contributed by atoms with Crippen molar-refractivity contribution in [3.8, 4) is 5.75 Å². The first-order chi connectivity index (χ1) is 15.5. The van der Waals surface area contributed by atoms with Crippen molar-refractivity contribution in [3.05, 3.63) is 92.9 Å². The molecule has 0 saturated heterocycles. The second-order valence-corrected chi connectivity index (χ2v) is 7.13. The number of ketones is 1. The van der Waals surface area contributed by atoms with E-state index in [-0.39, 0.29) is 18.0 Å². The Morgan fingerprint density at radius 1 is 1.12 bits per heavy atom. The summed E-state index contributed by atoms with van der Waals surface area (Å²) in [5.74, 6) is 0.444. The average molecular weight is 454 g/mol. The number of hydrogen-bond donors (Lipinski definition) is 2. The topological polar surface area (TPSA) is 97.0 Å². The van der Waals surface area contributed by atoms with Gasteiger partial charge in [0, 0.05) is 30.7 Å². The molecule has 3 rings (SSSR count). The highest BCUT2D eigenvalue weighted by atomic mass is 31.0. The lowest BCUT2D eigenvalue weighted by Crippen LogP contribution is -2.08. The summed E-state index contributed by atoms with van der Waals surface area (Å²) in [5.41, 5.74) is 3.25. The van der Waals surface area contributed by atoms with Crippen LogP contribution in [0.2, 0.25) is 0 Å². The summed E-state index contributed by atoms with van der Waals surface area (Å²) in [4.78, 5) is 25.0. The van der Waals surface area contributed by atoms with Crippen molar-refractivity contribution in [2.45, 2.75) is 20.3 Å². The standard InChI is InChI=1S/C24H23O5P.CH4O/c1-15-13-16(2)23(24-22(15)18(11-12-25)14-21(27)28-24)19(26)9-5-3-7-17-8-4-6-10-20(17)29-30;1-2/h3-10,13-14,25H,11-12,30H2,1-2H3;2H,1H3/b7-3+,9-5+;. The van der Waals surface area contributed by atoms with E-state index in [1.54, 1.807) is 12.2 Å². The van der Waals surface area contributed by atoms with Crippen LogP contribution in [0.15, 0.2) is 63.8 Å². The van der Waals surface area contributed by atoms with Gasteiger partial charge in [-0.15, -0.1) is 0 Å². The lowest BCUT2D eigenvalue weighted by molar-refractivity contribution is 0.104. The van der Waals surface area contributed by atoms with E-state index in [0.29, 0.717) is 28.7 Å². The van der Waals surface area contributed by atoms with Crippen molar-refractivity contribution in [1.29, 1.82) is 0 Å². The molecule has 1 atom stereocenters. The third-order valence-corrected chi connectivity index (χ3v) is 5.05. The molecule has 0 amide bonds. The zero-order chi connectivity index (χ0) is 23.7. The number of aryl methyl sites for hydroxylation is 2. The van der Waals surface area contributed by atoms with Crippen LogP contribution in [-0.4, -0.2) is 29.7 Å². The van der Waals surface area contributed by atoms with Crippen molar-refractivity contribution >= 4 is 32.3 Å². The van der Waals surface area contributed by atoms with Crippen molar-refractivity contribution < 1.29 is 23.9 Å². The van der Waals surface area contributed by atoms with Crippen molar-refractivity contribution in [3.63, 3.8) is 0 Å². The first kappa shape index (κ1) is 25.2. The summed E-state index contributed by atoms with van der Waals surface area (Å²) in [7, 11) is 3.21. The summed E-state index contributed by atoms with van der Waals surface area (Å²) in [5, 5.41) is 17.0. The molecule has 32 heavy (non-hydrogen) atoms. The predicted molar refractivity (Wildman–Crippen MR) is 130 cm³/mol. The number of hydrogen-bond acceptors (Lipinski definition) is 6. The largest absolute Gasteiger partial charge is 0.480 e. The fraction of sp³-hybridized carbons (Fsp3) is 0.200. The minimum Gasteiger partial charge on any atom is -0.480 e. The van der Waals surface area contributed by atoms with Crippen LogP contribution >= 0.6 is 9.47 Å². The van der Waals surface area contributed by atoms with E-state index in [1.807, 2.05) is 50.3 Å². The van der Waals surface area contributed by atoms with Gasteiger partial charge in [-0.05, 0) is 49.1 Å². The molecule has 0 aliphatic heterocycles. The van der Waals surface area contributed by atoms with Gasteiger partial charge < -0.3 is 19.2 Å². The van der Waals surface area contributed by atoms with Gasteiger partial charge in [0.25, 0.3) is 0 Å². The van der Waals surface area contributed by atoms with Crippen LogP contribution in [0.5, 0.6) is 5.75 Å². The van der Waals surface area contributed by atoms with Gasteiger partial charge in [0.1, 0.15) is 11.3 Å². The minimum absolute atomic E-state index is 0.0959. The van der Waals surface area contributed by atoms with Gasteiger partial charge in [-0.3, -0.25) is 4.79 Å². The maximum Gasteiger partial charge on any atom is 0.336 e. The molecule has 2 N–H and O–H groups in total. The Morgan fingerprint density at radius 2 is 1.84 bits per heavy atom. The van der Waals surface area contributed by atoms with E-state index < -0.39 is 5.63 Å². The molecule has 1 heterocycles. The minimum atomic E-state index is -0.539. The van der Waals surface area contributed by atoms with Gasteiger partial charge in [0.15, 0.2) is 5.78 Å². The van der Waals surface area contributed by atoms with E-state index in [2.05, 4.69) is 9.47 Å². The number of carbonyl (C=O) groups excluding carboxylic acids is 1. The van der Waals surface area contributed by atoms with E-state index >= 15 is 0 Å². The van der Waals surface area contributed by atoms with Crippen LogP contribution in [0, 0.1) is 13.8 Å². The Hall–Kier alpha value is -3.05. The zero-order valence-corrected chi connectivity index (χ0v) is 19.4. The van der Waals surface area contributed by atoms with E-state index in [0.717, 1.165) is 23.8 Å². The summed E-state index contributed by atoms with van der Waals surface area (Å²) in [6.07, 6.45) is 6.98. The summed E-state index contributed by atoms with van der Waals surface area (Å²) >= 11 is 0. The number of para-hydroxylation sites is 1. The molecule has 0 aliphatic carbocycles. The number of aliphatic hydroxyl groups is 2. The normalized spacial score (nSPS) is 11.1. The lowest BCUT2D eigenvalue weighted by atomic mass is 9.94. The van der Waals surface area contributed by atoms with Crippen LogP contribution in [0.4, 0.5) is 0 Å². The molecule has 0 radical (unpaired) electrons. The summed E-state index contributed by atoms with van der Waals surface area (Å²) in [6, 6.07) is 10.8. The maximum absolute atomic E-state index is 12.9. The molecule has 0 fully saturated rings. The fourth-order valence-electron chi connectivity index (χ4n) is 3.53. The molecule has 6 nitrogen and oxygen atoms in total. The maximum atomic E-state index is 12.9. The summed E-state index contributed by atoms with van der Waals surface area (Å²) < 4.78 is 10.7. The number of rotatable bonds is 7. The highest BCUT2D eigenvalue weighted by Gasteiger charge is 2.18. The van der Waals surface area contributed by atoms with Crippen molar-refractivity contribution in [2.75, 3.05) is 13.7 Å². The number of fused-ring (bicyclic) bond motifs is 1. The number of benzene rings is 2. The molecule has 7 heteroatoms. The van der Waals surface area contributed by atoms with Gasteiger partial charge in [0.05, 0.1) is 15.0 Å². The zero-order valence-electron chi connectivity index (χ0n) is 18.3. The molecule has 0 saturated carbocycles. The Labute approximate surface area is 189 Å². The van der Waals surface area contributed by atoms with Gasteiger partial charge >= 0.3 is 5.63 Å². The lowest BCUT2D eigenvalue weighted by Gasteiger charge is -2.12. The third-order valence-electron chi connectivity index (χ3n) is 4.80. The van der Waals surface area contributed by atoms with E-state index in [4.69, 9.17) is 14.0 Å². The number of aliphatic hydroxyl groups excluding tert-OH is 2. The second kappa shape index (κ2) is 12.1. The molecule has 1 unspecified atom stereocenters. The Kier molecular flexibility index (Phi) is 9.54. The molecular weight excluding hydrogens is 427 g/mol. The Balaban J connectivity index is 0.00000176. The molecule has 2 aromatic carbocycles. The first-order valence-electron chi connectivity index (χ1n) is 9.93. The van der Waals surface area contributed by atoms with Crippen LogP contribution in [0.25, 0.3) is 17.0 Å². The monoisotopic (exact) mass is 454 g/mol. The van der Waals surface area contributed by atoms with Gasteiger partial charge in [-0.25, -0.2) is 4.79 Å². The quantitative estimate of drug-likeness (QED) is 0.183. The Morgan fingerprint density at radius 3 is 2.53 bits per heavy atom. The fourth-order valence-corrected chi connectivity index (χ4v) is 3.75.